The zero-order valence-electron chi connectivity index (χ0n) is 30.5. The summed E-state index contributed by atoms with van der Waals surface area (Å²) in [4.78, 5) is 25.5. The van der Waals surface area contributed by atoms with Gasteiger partial charge in [0, 0.05) is 34.4 Å². The Balaban J connectivity index is 1.44. The molecule has 5 aromatic rings. The zero-order chi connectivity index (χ0) is 36.5. The molecule has 5 aromatic carbocycles. The fourth-order valence-electron chi connectivity index (χ4n) is 5.81. The van der Waals surface area contributed by atoms with E-state index in [0.29, 0.717) is 35.8 Å². The molecule has 0 fully saturated rings. The minimum absolute atomic E-state index is 0.0894. The van der Waals surface area contributed by atoms with Crippen molar-refractivity contribution < 1.29 is 38.0 Å². The number of fused-ring (bicyclic) bond motifs is 2. The average Bonchev–Trinajstić information content (AvgIpc) is 3.18. The lowest BCUT2D eigenvalue weighted by Gasteiger charge is -2.23. The van der Waals surface area contributed by atoms with Crippen molar-refractivity contribution in [3.8, 4) is 23.0 Å². The standard InChI is InChI=1S/C44H50O8/c1-4-7-23-41(45)51-35(28-47-33-17-11-9-12-18-33)30-49-43-37-21-15-16-22-38(37)44(40-27-32(6-3)25-26-39(40)43)50-31-36(52-42(46)24-8-5-2)29-48-34-19-13-10-14-20-34/h9-22,25-27,35-36H,4-8,23-24,28-31H2,1-3H3. The maximum Gasteiger partial charge on any atom is 0.306 e. The van der Waals surface area contributed by atoms with Gasteiger partial charge in [0.15, 0.2) is 12.2 Å². The van der Waals surface area contributed by atoms with Gasteiger partial charge in [0.1, 0.15) is 49.4 Å². The Kier molecular flexibility index (Phi) is 14.6. The average molecular weight is 707 g/mol. The summed E-state index contributed by atoms with van der Waals surface area (Å²) in [5.74, 6) is 2.14. The molecule has 0 bridgehead atoms. The van der Waals surface area contributed by atoms with Crippen LogP contribution in [-0.2, 0) is 25.5 Å². The molecule has 2 unspecified atom stereocenters. The van der Waals surface area contributed by atoms with Crippen LogP contribution in [0.2, 0.25) is 0 Å². The van der Waals surface area contributed by atoms with E-state index >= 15 is 0 Å². The van der Waals surface area contributed by atoms with E-state index in [1.165, 1.54) is 0 Å². The van der Waals surface area contributed by atoms with Crippen molar-refractivity contribution in [2.45, 2.75) is 77.9 Å². The van der Waals surface area contributed by atoms with E-state index in [0.717, 1.165) is 59.2 Å². The van der Waals surface area contributed by atoms with Crippen molar-refractivity contribution in [2.75, 3.05) is 26.4 Å². The number of hydrogen-bond acceptors (Lipinski definition) is 8. The van der Waals surface area contributed by atoms with Gasteiger partial charge < -0.3 is 28.4 Å². The molecule has 0 saturated carbocycles. The molecule has 52 heavy (non-hydrogen) atoms. The van der Waals surface area contributed by atoms with Gasteiger partial charge in [-0.25, -0.2) is 0 Å². The second-order valence-corrected chi connectivity index (χ2v) is 12.7. The highest BCUT2D eigenvalue weighted by atomic mass is 16.6. The lowest BCUT2D eigenvalue weighted by molar-refractivity contribution is -0.153. The van der Waals surface area contributed by atoms with Gasteiger partial charge in [-0.1, -0.05) is 106 Å². The van der Waals surface area contributed by atoms with Crippen molar-refractivity contribution in [1.82, 2.24) is 0 Å². The number of esters is 2. The minimum Gasteiger partial charge on any atom is -0.490 e. The molecule has 0 heterocycles. The van der Waals surface area contributed by atoms with Crippen LogP contribution in [0.5, 0.6) is 23.0 Å². The molecule has 0 radical (unpaired) electrons. The van der Waals surface area contributed by atoms with Crippen LogP contribution in [0.15, 0.2) is 103 Å². The third-order valence-corrected chi connectivity index (χ3v) is 8.65. The Hall–Kier alpha value is -5.24. The third-order valence-electron chi connectivity index (χ3n) is 8.65. The predicted octanol–water partition coefficient (Wildman–Crippen LogP) is 9.67. The van der Waals surface area contributed by atoms with Crippen LogP contribution in [0.1, 0.15) is 64.9 Å². The summed E-state index contributed by atoms with van der Waals surface area (Å²) in [6.45, 7) is 6.65. The molecule has 0 amide bonds. The number of carbonyl (C=O) groups excluding carboxylic acids is 2. The van der Waals surface area contributed by atoms with Crippen molar-refractivity contribution >= 4 is 33.5 Å². The fraction of sp³-hybridized carbons (Fsp3) is 0.364. The molecule has 0 N–H and O–H groups in total. The fourth-order valence-corrected chi connectivity index (χ4v) is 5.81. The highest BCUT2D eigenvalue weighted by molar-refractivity contribution is 6.11. The smallest absolute Gasteiger partial charge is 0.306 e. The SMILES string of the molecule is CCCCC(=O)OC(COc1ccccc1)COc1c2ccccc2c(OCC(COc2ccccc2)OC(=O)CCCC)c2cc(CC)ccc12. The number of aryl methyl sites for hydroxylation is 1. The summed E-state index contributed by atoms with van der Waals surface area (Å²) in [6.07, 6.45) is 3.50. The van der Waals surface area contributed by atoms with E-state index in [2.05, 4.69) is 19.1 Å². The highest BCUT2D eigenvalue weighted by Crippen LogP contribution is 2.43. The van der Waals surface area contributed by atoms with Crippen molar-refractivity contribution in [2.24, 2.45) is 0 Å². The molecule has 274 valence electrons. The first-order valence-electron chi connectivity index (χ1n) is 18.5. The molecule has 0 spiro atoms. The predicted molar refractivity (Wildman–Crippen MR) is 205 cm³/mol. The largest absolute Gasteiger partial charge is 0.490 e. The van der Waals surface area contributed by atoms with Gasteiger partial charge in [-0.15, -0.1) is 0 Å². The highest BCUT2D eigenvalue weighted by Gasteiger charge is 2.23. The Labute approximate surface area is 306 Å². The first-order valence-corrected chi connectivity index (χ1v) is 18.5. The monoisotopic (exact) mass is 706 g/mol. The van der Waals surface area contributed by atoms with E-state index in [1.54, 1.807) is 0 Å². The topological polar surface area (TPSA) is 89.5 Å². The second kappa shape index (κ2) is 20.0. The number of hydrogen-bond donors (Lipinski definition) is 0. The minimum atomic E-state index is -0.642. The number of unbranched alkanes of at least 4 members (excludes halogenated alkanes) is 2. The lowest BCUT2D eigenvalue weighted by atomic mass is 9.98. The molecule has 0 saturated heterocycles. The molecular formula is C44H50O8. The molecule has 2 atom stereocenters. The van der Waals surface area contributed by atoms with Gasteiger partial charge in [0.2, 0.25) is 0 Å². The van der Waals surface area contributed by atoms with Crippen LogP contribution in [0.3, 0.4) is 0 Å². The van der Waals surface area contributed by atoms with Gasteiger partial charge in [-0.05, 0) is 55.2 Å². The number of rotatable bonds is 21. The molecule has 8 heteroatoms. The van der Waals surface area contributed by atoms with Crippen LogP contribution in [0.25, 0.3) is 21.5 Å². The summed E-state index contributed by atoms with van der Waals surface area (Å²) in [5.41, 5.74) is 1.13. The maximum absolute atomic E-state index is 12.8. The summed E-state index contributed by atoms with van der Waals surface area (Å²) in [5, 5.41) is 3.40. The maximum atomic E-state index is 12.8. The summed E-state index contributed by atoms with van der Waals surface area (Å²) in [6, 6.07) is 33.1. The molecular weight excluding hydrogens is 656 g/mol. The van der Waals surface area contributed by atoms with E-state index in [4.69, 9.17) is 28.4 Å². The second-order valence-electron chi connectivity index (χ2n) is 12.7. The van der Waals surface area contributed by atoms with Crippen LogP contribution in [0, 0.1) is 0 Å². The quantitative estimate of drug-likeness (QED) is 0.0551. The van der Waals surface area contributed by atoms with E-state index < -0.39 is 12.2 Å². The Morgan fingerprint density at radius 3 is 1.38 bits per heavy atom. The summed E-state index contributed by atoms with van der Waals surface area (Å²) in [7, 11) is 0. The molecule has 5 rings (SSSR count). The van der Waals surface area contributed by atoms with Gasteiger partial charge in [0.25, 0.3) is 0 Å². The first kappa shape index (κ1) is 38.0. The molecule has 8 nitrogen and oxygen atoms in total. The zero-order valence-corrected chi connectivity index (χ0v) is 30.5. The van der Waals surface area contributed by atoms with Crippen LogP contribution in [0.4, 0.5) is 0 Å². The number of para-hydroxylation sites is 2. The van der Waals surface area contributed by atoms with Gasteiger partial charge in [0.05, 0.1) is 0 Å². The third kappa shape index (κ3) is 10.9. The molecule has 0 aliphatic heterocycles. The van der Waals surface area contributed by atoms with Gasteiger partial charge in [-0.2, -0.15) is 0 Å². The van der Waals surface area contributed by atoms with Crippen molar-refractivity contribution in [1.29, 1.82) is 0 Å². The van der Waals surface area contributed by atoms with E-state index in [-0.39, 0.29) is 38.4 Å². The van der Waals surface area contributed by atoms with Gasteiger partial charge >= 0.3 is 11.9 Å². The Morgan fingerprint density at radius 2 is 0.923 bits per heavy atom. The lowest BCUT2D eigenvalue weighted by Crippen LogP contribution is -2.31. The number of ether oxygens (including phenoxy) is 6. The number of benzene rings is 5. The summed E-state index contributed by atoms with van der Waals surface area (Å²) < 4.78 is 37.1. The Morgan fingerprint density at radius 1 is 0.500 bits per heavy atom. The molecule has 0 aliphatic rings. The molecule has 0 aliphatic carbocycles. The molecule has 0 aromatic heterocycles. The van der Waals surface area contributed by atoms with Crippen molar-refractivity contribution in [3.05, 3.63) is 109 Å². The Bertz CT molecular complexity index is 1860. The van der Waals surface area contributed by atoms with Crippen LogP contribution in [-0.4, -0.2) is 50.6 Å². The normalized spacial score (nSPS) is 12.2. The van der Waals surface area contributed by atoms with E-state index in [1.807, 2.05) is 105 Å². The van der Waals surface area contributed by atoms with Crippen LogP contribution < -0.4 is 18.9 Å². The van der Waals surface area contributed by atoms with Gasteiger partial charge in [-0.3, -0.25) is 9.59 Å². The van der Waals surface area contributed by atoms with E-state index in [9.17, 15) is 9.59 Å². The number of carbonyl (C=O) groups is 2. The van der Waals surface area contributed by atoms with Crippen molar-refractivity contribution in [3.63, 3.8) is 0 Å². The summed E-state index contributed by atoms with van der Waals surface area (Å²) >= 11 is 0. The first-order chi connectivity index (χ1) is 25.5. The van der Waals surface area contributed by atoms with Crippen LogP contribution >= 0.6 is 0 Å².